The highest BCUT2D eigenvalue weighted by atomic mass is 16.2. The molecule has 0 fully saturated rings. The Labute approximate surface area is 188 Å². The minimum Gasteiger partial charge on any atom is -0.338 e. The molecule has 2 amide bonds. The molecule has 0 saturated heterocycles. The van der Waals surface area contributed by atoms with E-state index in [1.165, 1.54) is 21.9 Å². The average Bonchev–Trinajstić information content (AvgIpc) is 2.89. The molecule has 6 heteroatoms. The molecule has 32 heavy (non-hydrogen) atoms. The van der Waals surface area contributed by atoms with Crippen LogP contribution in [0.5, 0.6) is 0 Å². The van der Waals surface area contributed by atoms with Crippen molar-refractivity contribution in [2.24, 2.45) is 0 Å². The molecule has 2 heterocycles. The lowest BCUT2D eigenvalue weighted by Crippen LogP contribution is -2.26. The van der Waals surface area contributed by atoms with Crippen molar-refractivity contribution in [1.82, 2.24) is 14.8 Å². The molecule has 0 bridgehead atoms. The third-order valence-corrected chi connectivity index (χ3v) is 5.85. The Morgan fingerprint density at radius 2 is 1.97 bits per heavy atom. The molecule has 2 aromatic carbocycles. The zero-order valence-corrected chi connectivity index (χ0v) is 19.0. The summed E-state index contributed by atoms with van der Waals surface area (Å²) in [7, 11) is 3.71. The van der Waals surface area contributed by atoms with Gasteiger partial charge in [-0.2, -0.15) is 0 Å². The first kappa shape index (κ1) is 21.7. The molecule has 0 atom stereocenters. The molecular weight excluding hydrogens is 400 g/mol. The number of nitrogens with one attached hydrogen (secondary N) is 1. The maximum absolute atomic E-state index is 12.8. The monoisotopic (exact) mass is 428 g/mol. The number of pyridine rings is 1. The zero-order valence-electron chi connectivity index (χ0n) is 19.0. The third kappa shape index (κ3) is 4.55. The SMILES string of the molecule is Cc1cccc2c(CN(C)C(=O)/C=C/c3cnc4c(c3)CN(C)CC(=O)N4)ccc(C)c12. The molecule has 1 aliphatic rings. The number of aromatic nitrogens is 1. The van der Waals surface area contributed by atoms with Gasteiger partial charge in [0, 0.05) is 38.0 Å². The van der Waals surface area contributed by atoms with Gasteiger partial charge in [-0.3, -0.25) is 14.5 Å². The molecule has 1 N–H and O–H groups in total. The van der Waals surface area contributed by atoms with Crippen LogP contribution in [0.3, 0.4) is 0 Å². The minimum atomic E-state index is -0.0771. The van der Waals surface area contributed by atoms with E-state index in [1.807, 2.05) is 25.1 Å². The summed E-state index contributed by atoms with van der Waals surface area (Å²) in [5.74, 6) is 0.436. The molecule has 3 aromatic rings. The maximum Gasteiger partial charge on any atom is 0.246 e. The van der Waals surface area contributed by atoms with Crippen LogP contribution in [0.2, 0.25) is 0 Å². The van der Waals surface area contributed by atoms with Crippen LogP contribution in [-0.4, -0.2) is 47.2 Å². The first-order chi connectivity index (χ1) is 15.3. The Hall–Kier alpha value is -3.51. The van der Waals surface area contributed by atoms with E-state index in [9.17, 15) is 9.59 Å². The number of carbonyl (C=O) groups is 2. The van der Waals surface area contributed by atoms with Gasteiger partial charge in [-0.25, -0.2) is 4.98 Å². The highest BCUT2D eigenvalue weighted by molar-refractivity contribution is 5.94. The number of fused-ring (bicyclic) bond motifs is 2. The van der Waals surface area contributed by atoms with Gasteiger partial charge in [0.2, 0.25) is 11.8 Å². The van der Waals surface area contributed by atoms with Crippen LogP contribution in [0.4, 0.5) is 5.82 Å². The van der Waals surface area contributed by atoms with E-state index in [1.54, 1.807) is 23.2 Å². The topological polar surface area (TPSA) is 65.5 Å². The molecule has 164 valence electrons. The van der Waals surface area contributed by atoms with Gasteiger partial charge in [0.15, 0.2) is 0 Å². The van der Waals surface area contributed by atoms with Crippen molar-refractivity contribution in [3.8, 4) is 0 Å². The van der Waals surface area contributed by atoms with Gasteiger partial charge in [0.25, 0.3) is 0 Å². The van der Waals surface area contributed by atoms with Gasteiger partial charge in [-0.15, -0.1) is 0 Å². The molecular formula is C26H28N4O2. The Bertz CT molecular complexity index is 1220. The molecule has 6 nitrogen and oxygen atoms in total. The molecule has 4 rings (SSSR count). The number of benzene rings is 2. The van der Waals surface area contributed by atoms with Crippen molar-refractivity contribution in [1.29, 1.82) is 0 Å². The highest BCUT2D eigenvalue weighted by Crippen LogP contribution is 2.26. The van der Waals surface area contributed by atoms with Gasteiger partial charge in [0.05, 0.1) is 6.54 Å². The van der Waals surface area contributed by atoms with Crippen LogP contribution in [0.25, 0.3) is 16.8 Å². The number of nitrogens with zero attached hydrogens (tertiary/aromatic N) is 3. The quantitative estimate of drug-likeness (QED) is 0.640. The summed E-state index contributed by atoms with van der Waals surface area (Å²) < 4.78 is 0. The van der Waals surface area contributed by atoms with E-state index in [2.05, 4.69) is 54.5 Å². The molecule has 1 aromatic heterocycles. The number of hydrogen-bond donors (Lipinski definition) is 1. The van der Waals surface area contributed by atoms with E-state index >= 15 is 0 Å². The van der Waals surface area contributed by atoms with Crippen LogP contribution < -0.4 is 5.32 Å². The highest BCUT2D eigenvalue weighted by Gasteiger charge is 2.17. The molecule has 0 saturated carbocycles. The smallest absolute Gasteiger partial charge is 0.246 e. The van der Waals surface area contributed by atoms with Crippen molar-refractivity contribution in [2.75, 3.05) is 26.0 Å². The number of amides is 2. The van der Waals surface area contributed by atoms with Gasteiger partial charge >= 0.3 is 0 Å². The summed E-state index contributed by atoms with van der Waals surface area (Å²) >= 11 is 0. The van der Waals surface area contributed by atoms with E-state index in [4.69, 9.17) is 0 Å². The number of hydrogen-bond acceptors (Lipinski definition) is 4. The van der Waals surface area contributed by atoms with Gasteiger partial charge in [0.1, 0.15) is 5.82 Å². The predicted octanol–water partition coefficient (Wildman–Crippen LogP) is 3.91. The number of aryl methyl sites for hydroxylation is 2. The Kier molecular flexibility index (Phi) is 6.06. The standard InChI is InChI=1S/C26H28N4O2/c1-17-6-5-7-22-20(10-8-18(2)25(17)22)15-30(4)24(32)11-9-19-12-21-14-29(3)16-23(31)28-26(21)27-13-19/h5-13H,14-16H2,1-4H3,(H,27,28,31)/b11-9+. The van der Waals surface area contributed by atoms with Gasteiger partial charge < -0.3 is 10.2 Å². The summed E-state index contributed by atoms with van der Waals surface area (Å²) in [5.41, 5.74) is 5.37. The third-order valence-electron chi connectivity index (χ3n) is 5.85. The number of likely N-dealkylation sites (N-methyl/N-ethyl adjacent to an activating group) is 2. The molecule has 1 aliphatic heterocycles. The molecule has 0 unspecified atom stereocenters. The van der Waals surface area contributed by atoms with Crippen molar-refractivity contribution in [3.05, 3.63) is 76.5 Å². The van der Waals surface area contributed by atoms with Crippen molar-refractivity contribution >= 4 is 34.5 Å². The van der Waals surface area contributed by atoms with E-state index in [0.29, 0.717) is 25.5 Å². The molecule has 0 radical (unpaired) electrons. The predicted molar refractivity (Wildman–Crippen MR) is 128 cm³/mol. The molecule has 0 aliphatic carbocycles. The first-order valence-electron chi connectivity index (χ1n) is 10.7. The second-order valence-electron chi connectivity index (χ2n) is 8.56. The summed E-state index contributed by atoms with van der Waals surface area (Å²) in [4.78, 5) is 32.6. The fourth-order valence-corrected chi connectivity index (χ4v) is 4.24. The maximum atomic E-state index is 12.8. The van der Waals surface area contributed by atoms with Crippen LogP contribution in [0.1, 0.15) is 27.8 Å². The normalized spacial score (nSPS) is 14.3. The summed E-state index contributed by atoms with van der Waals surface area (Å²) in [5, 5.41) is 5.27. The second kappa shape index (κ2) is 8.93. The fourth-order valence-electron chi connectivity index (χ4n) is 4.24. The van der Waals surface area contributed by atoms with Crippen LogP contribution in [0.15, 0.2) is 48.7 Å². The summed E-state index contributed by atoms with van der Waals surface area (Å²) in [6.07, 6.45) is 5.02. The summed E-state index contributed by atoms with van der Waals surface area (Å²) in [6.45, 7) is 5.72. The fraction of sp³-hybridized carbons (Fsp3) is 0.269. The Morgan fingerprint density at radius 3 is 2.78 bits per heavy atom. The van der Waals surface area contributed by atoms with Crippen molar-refractivity contribution in [3.63, 3.8) is 0 Å². The number of rotatable bonds is 4. The first-order valence-corrected chi connectivity index (χ1v) is 10.7. The van der Waals surface area contributed by atoms with E-state index < -0.39 is 0 Å². The van der Waals surface area contributed by atoms with Gasteiger partial charge in [-0.05, 0) is 66.1 Å². The largest absolute Gasteiger partial charge is 0.338 e. The Balaban J connectivity index is 1.50. The van der Waals surface area contributed by atoms with Crippen LogP contribution >= 0.6 is 0 Å². The Morgan fingerprint density at radius 1 is 1.19 bits per heavy atom. The van der Waals surface area contributed by atoms with Crippen LogP contribution in [-0.2, 0) is 22.7 Å². The summed E-state index contributed by atoms with van der Waals surface area (Å²) in [6, 6.07) is 12.5. The lowest BCUT2D eigenvalue weighted by Gasteiger charge is -2.18. The van der Waals surface area contributed by atoms with Crippen molar-refractivity contribution < 1.29 is 9.59 Å². The van der Waals surface area contributed by atoms with E-state index in [0.717, 1.165) is 16.7 Å². The second-order valence-corrected chi connectivity index (χ2v) is 8.56. The van der Waals surface area contributed by atoms with Gasteiger partial charge in [-0.1, -0.05) is 30.3 Å². The number of carbonyl (C=O) groups excluding carboxylic acids is 2. The zero-order chi connectivity index (χ0) is 22.8. The lowest BCUT2D eigenvalue weighted by atomic mass is 9.96. The lowest BCUT2D eigenvalue weighted by molar-refractivity contribution is -0.125. The molecule has 0 spiro atoms. The van der Waals surface area contributed by atoms with Crippen LogP contribution in [0, 0.1) is 13.8 Å². The minimum absolute atomic E-state index is 0.0716. The average molecular weight is 429 g/mol. The van der Waals surface area contributed by atoms with Crippen molar-refractivity contribution in [2.45, 2.75) is 26.9 Å². The number of anilines is 1. The van der Waals surface area contributed by atoms with E-state index in [-0.39, 0.29) is 11.8 Å².